The van der Waals surface area contributed by atoms with Gasteiger partial charge >= 0.3 is 0 Å². The zero-order valence-electron chi connectivity index (χ0n) is 34.8. The summed E-state index contributed by atoms with van der Waals surface area (Å²) < 4.78 is 7.13. The zero-order valence-corrected chi connectivity index (χ0v) is 34.8. The van der Waals surface area contributed by atoms with Gasteiger partial charge in [-0.1, -0.05) is 173 Å². The number of anilines is 6. The second-order valence-corrected chi connectivity index (χ2v) is 17.7. The van der Waals surface area contributed by atoms with E-state index in [2.05, 4.69) is 232 Å². The Bertz CT molecular complexity index is 3220. The standard InChI is InChI=1S/C58H44N2O/c1-57(2)48-19-11-10-18-46(48)47-32-31-43(36-51(47)57)59(41-27-22-38(23-28-41)37-14-6-5-7-15-37)42-29-24-40(25-30-42)45-33-34-50-55-56(45)61-53-35-26-39-16-8-9-17-44(39)54(53)60(55)52-21-13-12-20-49(52)58(50,3)4/h5-36H,1-4H3. The van der Waals surface area contributed by atoms with Gasteiger partial charge < -0.3 is 14.5 Å². The summed E-state index contributed by atoms with van der Waals surface area (Å²) in [5, 5.41) is 2.37. The molecular formula is C58H44N2O. The van der Waals surface area contributed by atoms with Gasteiger partial charge in [0.2, 0.25) is 0 Å². The minimum absolute atomic E-state index is 0.115. The fraction of sp³-hybridized carbons (Fsp3) is 0.103. The van der Waals surface area contributed by atoms with Crippen molar-refractivity contribution in [3.05, 3.63) is 216 Å². The van der Waals surface area contributed by atoms with E-state index in [0.29, 0.717) is 0 Å². The molecule has 61 heavy (non-hydrogen) atoms. The van der Waals surface area contributed by atoms with Gasteiger partial charge in [0.15, 0.2) is 11.5 Å². The highest BCUT2D eigenvalue weighted by Crippen LogP contribution is 2.63. The molecular weight excluding hydrogens is 741 g/mol. The summed E-state index contributed by atoms with van der Waals surface area (Å²) in [6, 6.07) is 70.9. The first kappa shape index (κ1) is 35.6. The second-order valence-electron chi connectivity index (χ2n) is 17.7. The topological polar surface area (TPSA) is 15.7 Å². The van der Waals surface area contributed by atoms with Gasteiger partial charge in [-0.05, 0) is 104 Å². The molecule has 3 nitrogen and oxygen atoms in total. The third-order valence-corrected chi connectivity index (χ3v) is 13.6. The SMILES string of the molecule is CC1(C)c2ccccc2-c2ccc(N(c3ccc(-c4ccccc4)cc3)c3ccc(-c4ccc5c6c4Oc4ccc7ccccc7c4N6c4ccccc4C5(C)C)cc3)cc21. The number of hydrogen-bond donors (Lipinski definition) is 0. The van der Waals surface area contributed by atoms with E-state index >= 15 is 0 Å². The van der Waals surface area contributed by atoms with Crippen molar-refractivity contribution in [2.45, 2.75) is 38.5 Å². The third-order valence-electron chi connectivity index (χ3n) is 13.6. The molecule has 3 aliphatic rings. The molecule has 0 saturated carbocycles. The van der Waals surface area contributed by atoms with Crippen molar-refractivity contribution in [1.82, 2.24) is 0 Å². The molecule has 0 fully saturated rings. The summed E-state index contributed by atoms with van der Waals surface area (Å²) in [5.41, 5.74) is 18.9. The molecule has 9 aromatic rings. The molecule has 0 aromatic heterocycles. The maximum Gasteiger partial charge on any atom is 0.159 e. The number of benzene rings is 9. The van der Waals surface area contributed by atoms with Gasteiger partial charge in [-0.3, -0.25) is 0 Å². The van der Waals surface area contributed by atoms with Crippen LogP contribution in [0.3, 0.4) is 0 Å². The molecule has 3 heteroatoms. The predicted octanol–water partition coefficient (Wildman–Crippen LogP) is 16.2. The van der Waals surface area contributed by atoms with E-state index in [1.807, 2.05) is 0 Å². The molecule has 0 unspecified atom stereocenters. The first-order valence-corrected chi connectivity index (χ1v) is 21.3. The Morgan fingerprint density at radius 2 is 1.00 bits per heavy atom. The first-order chi connectivity index (χ1) is 29.8. The monoisotopic (exact) mass is 784 g/mol. The Kier molecular flexibility index (Phi) is 7.62. The summed E-state index contributed by atoms with van der Waals surface area (Å²) in [7, 11) is 0. The van der Waals surface area contributed by atoms with Crippen molar-refractivity contribution in [2.24, 2.45) is 0 Å². The van der Waals surface area contributed by atoms with E-state index < -0.39 is 0 Å². The van der Waals surface area contributed by atoms with Gasteiger partial charge in [-0.15, -0.1) is 0 Å². The van der Waals surface area contributed by atoms with Crippen molar-refractivity contribution in [2.75, 3.05) is 9.80 Å². The normalized spacial score (nSPS) is 14.6. The molecule has 1 aliphatic carbocycles. The van der Waals surface area contributed by atoms with Crippen LogP contribution in [0.5, 0.6) is 11.5 Å². The average molecular weight is 785 g/mol. The minimum Gasteiger partial charge on any atom is -0.452 e. The van der Waals surface area contributed by atoms with Crippen LogP contribution in [-0.4, -0.2) is 0 Å². The Labute approximate surface area is 357 Å². The number of para-hydroxylation sites is 1. The van der Waals surface area contributed by atoms with E-state index in [1.165, 1.54) is 61.0 Å². The van der Waals surface area contributed by atoms with Gasteiger partial charge in [0.25, 0.3) is 0 Å². The molecule has 12 rings (SSSR count). The van der Waals surface area contributed by atoms with Crippen LogP contribution >= 0.6 is 0 Å². The number of fused-ring (bicyclic) bond motifs is 9. The quantitative estimate of drug-likeness (QED) is 0.173. The fourth-order valence-electron chi connectivity index (χ4n) is 10.5. The summed E-state index contributed by atoms with van der Waals surface area (Å²) in [6.45, 7) is 9.38. The molecule has 2 heterocycles. The van der Waals surface area contributed by atoms with Gasteiger partial charge in [0, 0.05) is 38.8 Å². The Balaban J connectivity index is 0.998. The number of nitrogens with zero attached hydrogens (tertiary/aromatic N) is 2. The molecule has 2 aliphatic heterocycles. The number of ether oxygens (including phenoxy) is 1. The average Bonchev–Trinajstić information content (AvgIpc) is 3.53. The van der Waals surface area contributed by atoms with Crippen LogP contribution in [0.4, 0.5) is 34.1 Å². The molecule has 292 valence electrons. The summed E-state index contributed by atoms with van der Waals surface area (Å²) in [5.74, 6) is 1.76. The van der Waals surface area contributed by atoms with E-state index in [0.717, 1.165) is 51.1 Å². The number of hydrogen-bond acceptors (Lipinski definition) is 3. The van der Waals surface area contributed by atoms with Gasteiger partial charge in [0.05, 0.1) is 17.1 Å². The van der Waals surface area contributed by atoms with Crippen LogP contribution < -0.4 is 14.5 Å². The molecule has 0 amide bonds. The van der Waals surface area contributed by atoms with Gasteiger partial charge in [0.1, 0.15) is 0 Å². The fourth-order valence-corrected chi connectivity index (χ4v) is 10.5. The predicted molar refractivity (Wildman–Crippen MR) is 254 cm³/mol. The lowest BCUT2D eigenvalue weighted by Gasteiger charge is -2.45. The zero-order chi connectivity index (χ0) is 41.0. The first-order valence-electron chi connectivity index (χ1n) is 21.3. The van der Waals surface area contributed by atoms with Crippen molar-refractivity contribution in [3.8, 4) is 44.9 Å². The van der Waals surface area contributed by atoms with Crippen molar-refractivity contribution in [1.29, 1.82) is 0 Å². The largest absolute Gasteiger partial charge is 0.452 e. The van der Waals surface area contributed by atoms with Gasteiger partial charge in [-0.2, -0.15) is 0 Å². The lowest BCUT2D eigenvalue weighted by atomic mass is 9.72. The van der Waals surface area contributed by atoms with E-state index in [1.54, 1.807) is 0 Å². The smallest absolute Gasteiger partial charge is 0.159 e. The third kappa shape index (κ3) is 5.23. The lowest BCUT2D eigenvalue weighted by Crippen LogP contribution is -2.32. The molecule has 0 radical (unpaired) electrons. The molecule has 0 N–H and O–H groups in total. The lowest BCUT2D eigenvalue weighted by molar-refractivity contribution is 0.474. The van der Waals surface area contributed by atoms with E-state index in [9.17, 15) is 0 Å². The Hall–Kier alpha value is -7.36. The highest BCUT2D eigenvalue weighted by atomic mass is 16.5. The Morgan fingerprint density at radius 1 is 0.410 bits per heavy atom. The van der Waals surface area contributed by atoms with Crippen molar-refractivity contribution >= 4 is 44.9 Å². The van der Waals surface area contributed by atoms with Crippen LogP contribution in [0.2, 0.25) is 0 Å². The highest BCUT2D eigenvalue weighted by Gasteiger charge is 2.43. The van der Waals surface area contributed by atoms with Crippen LogP contribution in [-0.2, 0) is 10.8 Å². The van der Waals surface area contributed by atoms with E-state index in [4.69, 9.17) is 4.74 Å². The van der Waals surface area contributed by atoms with Crippen LogP contribution in [0.25, 0.3) is 44.2 Å². The highest BCUT2D eigenvalue weighted by molar-refractivity contribution is 6.07. The summed E-state index contributed by atoms with van der Waals surface area (Å²) in [4.78, 5) is 4.87. The van der Waals surface area contributed by atoms with Crippen LogP contribution in [0.1, 0.15) is 49.9 Å². The molecule has 0 saturated heterocycles. The summed E-state index contributed by atoms with van der Waals surface area (Å²) >= 11 is 0. The second kappa shape index (κ2) is 13.1. The number of rotatable bonds is 5. The Morgan fingerprint density at radius 3 is 1.79 bits per heavy atom. The maximum atomic E-state index is 7.13. The van der Waals surface area contributed by atoms with Crippen molar-refractivity contribution < 1.29 is 4.74 Å². The van der Waals surface area contributed by atoms with Crippen LogP contribution in [0, 0.1) is 0 Å². The molecule has 0 spiro atoms. The molecule has 0 atom stereocenters. The molecule has 9 aromatic carbocycles. The van der Waals surface area contributed by atoms with Crippen LogP contribution in [0.15, 0.2) is 194 Å². The van der Waals surface area contributed by atoms with Gasteiger partial charge in [-0.25, -0.2) is 0 Å². The maximum absolute atomic E-state index is 7.13. The summed E-state index contributed by atoms with van der Waals surface area (Å²) in [6.07, 6.45) is 0. The van der Waals surface area contributed by atoms with Crippen molar-refractivity contribution in [3.63, 3.8) is 0 Å². The molecule has 0 bridgehead atoms. The van der Waals surface area contributed by atoms with E-state index in [-0.39, 0.29) is 10.8 Å². The minimum atomic E-state index is -0.229.